The number of hydrogen-bond acceptors (Lipinski definition) is 6. The molecule has 2 aromatic carbocycles. The Morgan fingerprint density at radius 2 is 1.81 bits per heavy atom. The molecule has 36 heavy (non-hydrogen) atoms. The number of carboxylic acid groups (broad SMARTS) is 1. The molecule has 0 heterocycles. The number of rotatable bonds is 12. The average Bonchev–Trinajstić information content (AvgIpc) is 2.81. The molecule has 0 aliphatic heterocycles. The van der Waals surface area contributed by atoms with E-state index in [9.17, 15) is 36.3 Å². The van der Waals surface area contributed by atoms with E-state index in [1.807, 2.05) is 6.92 Å². The van der Waals surface area contributed by atoms with Crippen LogP contribution in [0.25, 0.3) is 0 Å². The lowest BCUT2D eigenvalue weighted by atomic mass is 10.1. The fraction of sp³-hybridized carbons (Fsp3) is 0.318. The highest BCUT2D eigenvalue weighted by atomic mass is 32.2. The lowest BCUT2D eigenvalue weighted by molar-refractivity contribution is -0.139. The molecule has 1 unspecified atom stereocenters. The first-order chi connectivity index (χ1) is 16.8. The number of nitrogens with zero attached hydrogens (tertiary/aromatic N) is 1. The predicted molar refractivity (Wildman–Crippen MR) is 129 cm³/mol. The van der Waals surface area contributed by atoms with Gasteiger partial charge in [0, 0.05) is 16.9 Å². The molecular formula is C22H26F3N5O5S. The lowest BCUT2D eigenvalue weighted by Gasteiger charge is -2.15. The highest BCUT2D eigenvalue weighted by Crippen LogP contribution is 2.32. The highest BCUT2D eigenvalue weighted by Gasteiger charge is 2.32. The molecule has 6 N–H and O–H groups in total. The molecule has 0 spiro atoms. The molecule has 0 saturated heterocycles. The smallest absolute Gasteiger partial charge is 0.416 e. The number of halogens is 3. The number of hydrogen-bond donors (Lipinski definition) is 5. The number of carbonyl (C=O) groups excluding carboxylic acids is 1. The van der Waals surface area contributed by atoms with Crippen molar-refractivity contribution in [1.82, 2.24) is 4.72 Å². The van der Waals surface area contributed by atoms with Gasteiger partial charge < -0.3 is 21.6 Å². The van der Waals surface area contributed by atoms with Crippen molar-refractivity contribution in [3.63, 3.8) is 0 Å². The van der Waals surface area contributed by atoms with Crippen LogP contribution in [-0.4, -0.2) is 43.5 Å². The summed E-state index contributed by atoms with van der Waals surface area (Å²) in [4.78, 5) is 24.1. The second-order valence-electron chi connectivity index (χ2n) is 7.76. The first-order valence-corrected chi connectivity index (χ1v) is 12.3. The van der Waals surface area contributed by atoms with Gasteiger partial charge in [0.15, 0.2) is 0 Å². The zero-order chi connectivity index (χ0) is 26.9. The second kappa shape index (κ2) is 12.4. The fourth-order valence-electron chi connectivity index (χ4n) is 3.07. The molecule has 0 fully saturated rings. The van der Waals surface area contributed by atoms with Gasteiger partial charge in [-0.05, 0) is 48.7 Å². The third kappa shape index (κ3) is 8.85. The van der Waals surface area contributed by atoms with E-state index >= 15 is 0 Å². The Bertz CT molecular complexity index is 1200. The van der Waals surface area contributed by atoms with Crippen LogP contribution in [-0.2, 0) is 27.4 Å². The van der Waals surface area contributed by atoms with Crippen molar-refractivity contribution in [1.29, 1.82) is 0 Å². The Hall–Kier alpha value is -3.65. The average molecular weight is 530 g/mol. The number of amides is 1. The van der Waals surface area contributed by atoms with Crippen molar-refractivity contribution in [2.45, 2.75) is 38.4 Å². The summed E-state index contributed by atoms with van der Waals surface area (Å²) in [5.41, 5.74) is -0.700. The summed E-state index contributed by atoms with van der Waals surface area (Å²) in [6.45, 7) is 1.81. The minimum absolute atomic E-state index is 0.0550. The van der Waals surface area contributed by atoms with Gasteiger partial charge in [0.25, 0.3) is 5.91 Å². The number of aliphatic carboxylic acids is 1. The van der Waals surface area contributed by atoms with Crippen LogP contribution in [0.4, 0.5) is 24.5 Å². The molecule has 1 atom stereocenters. The van der Waals surface area contributed by atoms with Crippen molar-refractivity contribution in [2.24, 2.45) is 10.9 Å². The highest BCUT2D eigenvalue weighted by molar-refractivity contribution is 7.89. The summed E-state index contributed by atoms with van der Waals surface area (Å²) in [5.74, 6) is 2.59. The van der Waals surface area contributed by atoms with Gasteiger partial charge in [-0.25, -0.2) is 13.1 Å². The molecule has 0 aliphatic carbocycles. The lowest BCUT2D eigenvalue weighted by Crippen LogP contribution is -2.43. The number of nitrogens with one attached hydrogen (secondary N) is 3. The SMILES string of the molecule is CCCCS(=O)(=O)NC(Cc1ccc(NC(=O)c2cc(NC=NN)cc(C(F)(F)F)c2)cc1)C(=O)O. The van der Waals surface area contributed by atoms with Crippen LogP contribution in [0.1, 0.15) is 41.3 Å². The van der Waals surface area contributed by atoms with Crippen LogP contribution >= 0.6 is 0 Å². The maximum absolute atomic E-state index is 13.2. The third-order valence-corrected chi connectivity index (χ3v) is 6.34. The molecule has 2 rings (SSSR count). The molecule has 14 heteroatoms. The quantitative estimate of drug-likeness (QED) is 0.122. The fourth-order valence-corrected chi connectivity index (χ4v) is 4.47. The number of benzene rings is 2. The number of carboxylic acids is 1. The summed E-state index contributed by atoms with van der Waals surface area (Å²) in [6, 6.07) is 7.07. The van der Waals surface area contributed by atoms with E-state index in [4.69, 9.17) is 5.84 Å². The largest absolute Gasteiger partial charge is 0.480 e. The predicted octanol–water partition coefficient (Wildman–Crippen LogP) is 2.99. The van der Waals surface area contributed by atoms with Gasteiger partial charge in [-0.2, -0.15) is 18.3 Å². The minimum Gasteiger partial charge on any atom is -0.480 e. The standard InChI is InChI=1S/C22H26F3N5O5S/c1-2-3-8-36(34,35)30-19(21(32)33)9-14-4-6-17(7-5-14)29-20(31)15-10-16(22(23,24)25)12-18(11-15)27-13-28-26/h4-7,10-13,19,30H,2-3,8-9,26H2,1H3,(H,27,28)(H,29,31)(H,32,33). The minimum atomic E-state index is -4.70. The van der Waals surface area contributed by atoms with Gasteiger partial charge in [0.2, 0.25) is 10.0 Å². The van der Waals surface area contributed by atoms with Crippen LogP contribution in [0.15, 0.2) is 47.6 Å². The van der Waals surface area contributed by atoms with Crippen molar-refractivity contribution >= 4 is 39.6 Å². The van der Waals surface area contributed by atoms with Crippen molar-refractivity contribution in [3.05, 3.63) is 59.2 Å². The monoisotopic (exact) mass is 529 g/mol. The molecule has 0 bridgehead atoms. The van der Waals surface area contributed by atoms with E-state index < -0.39 is 39.7 Å². The van der Waals surface area contributed by atoms with Gasteiger partial charge in [0.1, 0.15) is 12.4 Å². The van der Waals surface area contributed by atoms with E-state index in [1.54, 1.807) is 0 Å². The normalized spacial score (nSPS) is 12.9. The van der Waals surface area contributed by atoms with Crippen LogP contribution in [0, 0.1) is 0 Å². The van der Waals surface area contributed by atoms with E-state index in [2.05, 4.69) is 20.5 Å². The molecular weight excluding hydrogens is 503 g/mol. The molecule has 0 aromatic heterocycles. The first-order valence-electron chi connectivity index (χ1n) is 10.7. The van der Waals surface area contributed by atoms with Crippen LogP contribution < -0.4 is 21.2 Å². The zero-order valence-corrected chi connectivity index (χ0v) is 20.0. The number of carbonyl (C=O) groups is 2. The zero-order valence-electron chi connectivity index (χ0n) is 19.2. The number of anilines is 2. The van der Waals surface area contributed by atoms with Gasteiger partial charge >= 0.3 is 12.1 Å². The van der Waals surface area contributed by atoms with Crippen LogP contribution in [0.5, 0.6) is 0 Å². The summed E-state index contributed by atoms with van der Waals surface area (Å²) < 4.78 is 66.0. The molecule has 1 amide bonds. The summed E-state index contributed by atoms with van der Waals surface area (Å²) in [6.07, 6.45) is -2.87. The van der Waals surface area contributed by atoms with Crippen molar-refractivity contribution < 1.29 is 36.3 Å². The van der Waals surface area contributed by atoms with Crippen LogP contribution in [0.2, 0.25) is 0 Å². The number of hydrazone groups is 1. The topological polar surface area (TPSA) is 163 Å². The van der Waals surface area contributed by atoms with Crippen molar-refractivity contribution in [3.8, 4) is 0 Å². The molecule has 2 aromatic rings. The van der Waals surface area contributed by atoms with Gasteiger partial charge in [0.05, 0.1) is 11.3 Å². The maximum atomic E-state index is 13.2. The second-order valence-corrected chi connectivity index (χ2v) is 9.63. The molecule has 196 valence electrons. The Balaban J connectivity index is 2.15. The van der Waals surface area contributed by atoms with E-state index in [0.717, 1.165) is 12.4 Å². The van der Waals surface area contributed by atoms with Crippen LogP contribution in [0.3, 0.4) is 0 Å². The molecule has 0 aliphatic rings. The van der Waals surface area contributed by atoms with Gasteiger partial charge in [-0.1, -0.05) is 25.5 Å². The number of alkyl halides is 3. The van der Waals surface area contributed by atoms with Gasteiger partial charge in [-0.3, -0.25) is 9.59 Å². The Labute approximate surface area is 205 Å². The first kappa shape index (κ1) is 28.6. The number of sulfonamides is 1. The van der Waals surface area contributed by atoms with E-state index in [0.29, 0.717) is 24.5 Å². The van der Waals surface area contributed by atoms with E-state index in [1.165, 1.54) is 30.3 Å². The Morgan fingerprint density at radius 1 is 1.14 bits per heavy atom. The third-order valence-electron chi connectivity index (χ3n) is 4.87. The summed E-state index contributed by atoms with van der Waals surface area (Å²) in [5, 5.41) is 17.4. The maximum Gasteiger partial charge on any atom is 0.416 e. The Morgan fingerprint density at radius 3 is 2.36 bits per heavy atom. The van der Waals surface area contributed by atoms with Crippen molar-refractivity contribution in [2.75, 3.05) is 16.4 Å². The number of unbranched alkanes of at least 4 members (excludes halogenated alkanes) is 1. The molecule has 10 nitrogen and oxygen atoms in total. The Kier molecular flexibility index (Phi) is 9.81. The van der Waals surface area contributed by atoms with E-state index in [-0.39, 0.29) is 29.1 Å². The molecule has 0 saturated carbocycles. The summed E-state index contributed by atoms with van der Waals surface area (Å²) >= 11 is 0. The van der Waals surface area contributed by atoms with Gasteiger partial charge in [-0.15, -0.1) is 0 Å². The summed E-state index contributed by atoms with van der Waals surface area (Å²) in [7, 11) is -3.77. The molecule has 0 radical (unpaired) electrons. The number of nitrogens with two attached hydrogens (primary N) is 1.